The Morgan fingerprint density at radius 2 is 1.81 bits per heavy atom. The van der Waals surface area contributed by atoms with Gasteiger partial charge in [-0.3, -0.25) is 4.79 Å². The van der Waals surface area contributed by atoms with Crippen molar-refractivity contribution in [3.63, 3.8) is 0 Å². The van der Waals surface area contributed by atoms with Crippen LogP contribution in [0.1, 0.15) is 28.8 Å². The summed E-state index contributed by atoms with van der Waals surface area (Å²) in [5.74, 6) is -0.0762. The minimum atomic E-state index is -3.50. The molecule has 0 aliphatic carbocycles. The number of carbonyl (C=O) groups excluding carboxylic acids is 1. The lowest BCUT2D eigenvalue weighted by Crippen LogP contribution is -2.27. The van der Waals surface area contributed by atoms with Crippen LogP contribution in [0.25, 0.3) is 28.2 Å². The number of ether oxygens (including phenoxy) is 1. The zero-order valence-electron chi connectivity index (χ0n) is 19.5. The van der Waals surface area contributed by atoms with E-state index in [0.717, 1.165) is 34.9 Å². The second kappa shape index (κ2) is 8.32. The molecule has 182 valence electrons. The average Bonchev–Trinajstić information content (AvgIpc) is 3.60. The molecule has 0 atom stereocenters. The highest BCUT2D eigenvalue weighted by molar-refractivity contribution is 7.89. The Morgan fingerprint density at radius 1 is 1.06 bits per heavy atom. The normalized spacial score (nSPS) is 17.1. The number of aryl methyl sites for hydroxylation is 1. The molecule has 0 unspecified atom stereocenters. The van der Waals surface area contributed by atoms with Crippen LogP contribution in [0.2, 0.25) is 0 Å². The van der Waals surface area contributed by atoms with Crippen molar-refractivity contribution in [3.8, 4) is 22.6 Å². The van der Waals surface area contributed by atoms with Gasteiger partial charge in [-0.25, -0.2) is 13.4 Å². The number of fused-ring (bicyclic) bond motifs is 2. The monoisotopic (exact) mass is 501 g/mol. The van der Waals surface area contributed by atoms with E-state index in [2.05, 4.69) is 4.98 Å². The van der Waals surface area contributed by atoms with Crippen LogP contribution in [-0.2, 0) is 17.1 Å². The number of carbonyl (C=O) groups is 1. The molecule has 6 rings (SSSR count). The summed E-state index contributed by atoms with van der Waals surface area (Å²) in [7, 11) is -1.64. The summed E-state index contributed by atoms with van der Waals surface area (Å²) in [5.41, 5.74) is 3.26. The number of allylic oxidation sites excluding steroid dienone is 1. The molecule has 36 heavy (non-hydrogen) atoms. The van der Waals surface area contributed by atoms with E-state index in [-0.39, 0.29) is 27.8 Å². The summed E-state index contributed by atoms with van der Waals surface area (Å²) in [6, 6.07) is 13.5. The van der Waals surface area contributed by atoms with Crippen LogP contribution >= 0.6 is 0 Å². The number of hydrogen-bond acceptors (Lipinski definition) is 6. The third-order valence-electron chi connectivity index (χ3n) is 6.72. The Kier molecular flexibility index (Phi) is 5.20. The lowest BCUT2D eigenvalue weighted by atomic mass is 10.0. The quantitative estimate of drug-likeness (QED) is 0.417. The van der Waals surface area contributed by atoms with Crippen LogP contribution < -0.4 is 4.74 Å². The molecule has 1 N–H and O–H groups in total. The number of Topliss-reactive ketones (excluding diaryl/α,β-unsaturated/α-hetero) is 1. The van der Waals surface area contributed by atoms with Gasteiger partial charge in [0.1, 0.15) is 22.7 Å². The van der Waals surface area contributed by atoms with E-state index in [1.807, 2.05) is 23.9 Å². The second-order valence-electron chi connectivity index (χ2n) is 8.98. The third kappa shape index (κ3) is 3.51. The molecule has 2 aromatic carbocycles. The van der Waals surface area contributed by atoms with Crippen LogP contribution in [0, 0.1) is 0 Å². The number of ketones is 1. The highest BCUT2D eigenvalue weighted by Crippen LogP contribution is 2.39. The summed E-state index contributed by atoms with van der Waals surface area (Å²) in [6.07, 6.45) is 6.99. The van der Waals surface area contributed by atoms with Crippen molar-refractivity contribution in [2.45, 2.75) is 17.7 Å². The van der Waals surface area contributed by atoms with E-state index >= 15 is 0 Å². The van der Waals surface area contributed by atoms with Crippen molar-refractivity contribution in [1.82, 2.24) is 13.9 Å². The summed E-state index contributed by atoms with van der Waals surface area (Å²) < 4.78 is 35.0. The maximum atomic E-state index is 12.9. The van der Waals surface area contributed by atoms with Gasteiger partial charge in [0.15, 0.2) is 5.76 Å². The summed E-state index contributed by atoms with van der Waals surface area (Å²) >= 11 is 0. The Bertz CT molecular complexity index is 1660. The fourth-order valence-electron chi connectivity index (χ4n) is 4.93. The van der Waals surface area contributed by atoms with Crippen LogP contribution in [0.15, 0.2) is 71.6 Å². The Hall–Kier alpha value is -3.95. The number of nitrogens with zero attached hydrogens (tertiary/aromatic N) is 3. The first-order valence-electron chi connectivity index (χ1n) is 11.7. The van der Waals surface area contributed by atoms with E-state index in [0.29, 0.717) is 24.5 Å². The number of aromatic hydroxyl groups is 1. The Balaban J connectivity index is 1.42. The predicted molar refractivity (Wildman–Crippen MR) is 135 cm³/mol. The lowest BCUT2D eigenvalue weighted by Gasteiger charge is -2.15. The van der Waals surface area contributed by atoms with Crippen molar-refractivity contribution >= 4 is 32.9 Å². The second-order valence-corrected chi connectivity index (χ2v) is 10.9. The largest absolute Gasteiger partial charge is 0.507 e. The molecule has 0 spiro atoms. The molecule has 0 radical (unpaired) electrons. The summed E-state index contributed by atoms with van der Waals surface area (Å²) in [6.45, 7) is 1.11. The van der Waals surface area contributed by atoms with Crippen molar-refractivity contribution in [2.24, 2.45) is 7.05 Å². The van der Waals surface area contributed by atoms with Crippen molar-refractivity contribution in [1.29, 1.82) is 0 Å². The minimum Gasteiger partial charge on any atom is -0.507 e. The molecule has 9 heteroatoms. The number of aromatic nitrogens is 2. The summed E-state index contributed by atoms with van der Waals surface area (Å²) in [5, 5.41) is 10.9. The first kappa shape index (κ1) is 22.5. The third-order valence-corrected chi connectivity index (χ3v) is 8.63. The Labute approximate surface area is 208 Å². The zero-order chi connectivity index (χ0) is 25.0. The van der Waals surface area contributed by atoms with E-state index < -0.39 is 10.0 Å². The number of benzene rings is 2. The van der Waals surface area contributed by atoms with Crippen molar-refractivity contribution < 1.29 is 23.1 Å². The first-order valence-corrected chi connectivity index (χ1v) is 13.1. The fourth-order valence-corrected chi connectivity index (χ4v) is 6.45. The van der Waals surface area contributed by atoms with Crippen molar-refractivity contribution in [3.05, 3.63) is 77.8 Å². The van der Waals surface area contributed by atoms with Gasteiger partial charge in [0.2, 0.25) is 15.8 Å². The van der Waals surface area contributed by atoms with Gasteiger partial charge in [-0.05, 0) is 60.4 Å². The lowest BCUT2D eigenvalue weighted by molar-refractivity contribution is 0.101. The molecular weight excluding hydrogens is 478 g/mol. The van der Waals surface area contributed by atoms with E-state index in [4.69, 9.17) is 4.74 Å². The molecule has 1 saturated heterocycles. The van der Waals surface area contributed by atoms with Gasteiger partial charge in [0, 0.05) is 43.5 Å². The van der Waals surface area contributed by atoms with Gasteiger partial charge >= 0.3 is 0 Å². The van der Waals surface area contributed by atoms with Crippen LogP contribution in [0.5, 0.6) is 11.5 Å². The number of rotatable bonds is 4. The van der Waals surface area contributed by atoms with Gasteiger partial charge in [-0.2, -0.15) is 4.31 Å². The maximum Gasteiger partial charge on any atom is 0.243 e. The SMILES string of the molecule is Cn1cc(C=C2Oc3cccc(O)c3C2=O)c2c(-c3ccc(S(=O)(=O)N4CCCC4)cc3)ccnc21. The highest BCUT2D eigenvalue weighted by atomic mass is 32.2. The molecule has 2 aliphatic rings. The average molecular weight is 502 g/mol. The molecular formula is C27H23N3O5S. The van der Waals surface area contributed by atoms with Gasteiger partial charge < -0.3 is 14.4 Å². The molecule has 2 aromatic heterocycles. The molecule has 0 saturated carbocycles. The fraction of sp³-hybridized carbons (Fsp3) is 0.185. The molecule has 4 heterocycles. The molecule has 4 aromatic rings. The van der Waals surface area contributed by atoms with Gasteiger partial charge in [0.25, 0.3) is 0 Å². The highest BCUT2D eigenvalue weighted by Gasteiger charge is 2.31. The van der Waals surface area contributed by atoms with Crippen molar-refractivity contribution in [2.75, 3.05) is 13.1 Å². The van der Waals surface area contributed by atoms with Gasteiger partial charge in [0.05, 0.1) is 4.90 Å². The maximum absolute atomic E-state index is 12.9. The number of pyridine rings is 1. The number of phenols is 1. The molecule has 1 fully saturated rings. The standard InChI is InChI=1S/C27H23N3O5S/c1-29-16-18(15-23-26(32)25-21(31)5-4-6-22(25)35-23)24-20(11-12-28-27(24)29)17-7-9-19(10-8-17)36(33,34)30-13-2-3-14-30/h4-12,15-16,31H,2-3,13-14H2,1H3. The first-order chi connectivity index (χ1) is 17.3. The van der Waals surface area contributed by atoms with E-state index in [1.165, 1.54) is 10.4 Å². The topological polar surface area (TPSA) is 102 Å². The molecule has 2 aliphatic heterocycles. The summed E-state index contributed by atoms with van der Waals surface area (Å²) in [4.78, 5) is 17.7. The smallest absolute Gasteiger partial charge is 0.243 e. The number of hydrogen-bond donors (Lipinski definition) is 1. The van der Waals surface area contributed by atoms with Crippen LogP contribution in [0.4, 0.5) is 0 Å². The van der Waals surface area contributed by atoms with E-state index in [1.54, 1.807) is 48.7 Å². The van der Waals surface area contributed by atoms with Gasteiger partial charge in [-0.1, -0.05) is 18.2 Å². The molecule has 0 bridgehead atoms. The van der Waals surface area contributed by atoms with E-state index in [9.17, 15) is 18.3 Å². The van der Waals surface area contributed by atoms with Crippen LogP contribution in [-0.4, -0.2) is 46.3 Å². The van der Waals surface area contributed by atoms with Gasteiger partial charge in [-0.15, -0.1) is 0 Å². The molecule has 8 nitrogen and oxygen atoms in total. The Morgan fingerprint density at radius 3 is 2.53 bits per heavy atom. The minimum absolute atomic E-state index is 0.112. The predicted octanol–water partition coefficient (Wildman–Crippen LogP) is 4.35. The zero-order valence-corrected chi connectivity index (χ0v) is 20.3. The van der Waals surface area contributed by atoms with Crippen LogP contribution in [0.3, 0.4) is 0 Å². The molecule has 0 amide bonds. The number of phenolic OH excluding ortho intramolecular Hbond substituents is 1. The number of sulfonamides is 1.